The lowest BCUT2D eigenvalue weighted by atomic mass is 9.94. The van der Waals surface area contributed by atoms with Gasteiger partial charge in [-0.2, -0.15) is 0 Å². The van der Waals surface area contributed by atoms with Crippen molar-refractivity contribution in [3.05, 3.63) is 84.4 Å². The smallest absolute Gasteiger partial charge is 0.147 e. The Balaban J connectivity index is 1.78. The highest BCUT2D eigenvalue weighted by molar-refractivity contribution is 5.22. The van der Waals surface area contributed by atoms with E-state index in [1.807, 2.05) is 60.7 Å². The molecule has 0 aliphatic rings. The van der Waals surface area contributed by atoms with Crippen LogP contribution < -0.4 is 0 Å². The summed E-state index contributed by atoms with van der Waals surface area (Å²) in [4.78, 5) is 0. The van der Waals surface area contributed by atoms with E-state index in [-0.39, 0.29) is 12.7 Å². The second-order valence-corrected chi connectivity index (χ2v) is 5.07. The lowest BCUT2D eigenvalue weighted by Gasteiger charge is -2.21. The van der Waals surface area contributed by atoms with Crippen LogP contribution in [0.15, 0.2) is 73.3 Å². The van der Waals surface area contributed by atoms with Crippen LogP contribution in [0.5, 0.6) is 0 Å². The molecule has 0 bridgehead atoms. The van der Waals surface area contributed by atoms with Gasteiger partial charge in [0.1, 0.15) is 6.79 Å². The first kappa shape index (κ1) is 16.4. The standard InChI is InChI=1S/C19H22O3/c1-2-19(20)18(17-11-7-4-8-12-17)14-22-15-21-13-16-9-5-3-6-10-16/h2-12,18-20H,1,13-15H2/t18-,19+/m1/s1. The maximum absolute atomic E-state index is 10.1. The minimum Gasteiger partial charge on any atom is -0.388 e. The van der Waals surface area contributed by atoms with Gasteiger partial charge in [-0.1, -0.05) is 66.7 Å². The molecule has 0 aliphatic heterocycles. The fourth-order valence-corrected chi connectivity index (χ4v) is 2.22. The molecule has 0 unspecified atom stereocenters. The third-order valence-corrected chi connectivity index (χ3v) is 3.46. The number of hydrogen-bond acceptors (Lipinski definition) is 3. The van der Waals surface area contributed by atoms with Gasteiger partial charge in [-0.25, -0.2) is 0 Å². The maximum atomic E-state index is 10.1. The Morgan fingerprint density at radius 3 is 2.23 bits per heavy atom. The van der Waals surface area contributed by atoms with Crippen LogP contribution in [-0.4, -0.2) is 24.6 Å². The maximum Gasteiger partial charge on any atom is 0.147 e. The highest BCUT2D eigenvalue weighted by Gasteiger charge is 2.18. The molecule has 2 aromatic rings. The number of rotatable bonds is 9. The topological polar surface area (TPSA) is 38.7 Å². The second-order valence-electron chi connectivity index (χ2n) is 5.07. The quantitative estimate of drug-likeness (QED) is 0.437. The Morgan fingerprint density at radius 1 is 0.955 bits per heavy atom. The lowest BCUT2D eigenvalue weighted by molar-refractivity contribution is -0.0712. The van der Waals surface area contributed by atoms with Gasteiger partial charge in [0, 0.05) is 5.92 Å². The summed E-state index contributed by atoms with van der Waals surface area (Å²) in [5.74, 6) is -0.140. The molecule has 0 heterocycles. The average molecular weight is 298 g/mol. The fraction of sp³-hybridized carbons (Fsp3) is 0.263. The van der Waals surface area contributed by atoms with Gasteiger partial charge in [0.05, 0.1) is 19.3 Å². The first-order valence-electron chi connectivity index (χ1n) is 7.36. The SMILES string of the molecule is C=C[C@H](O)[C@H](COCOCc1ccccc1)c1ccccc1. The molecule has 2 atom stereocenters. The normalized spacial score (nSPS) is 13.5. The summed E-state index contributed by atoms with van der Waals surface area (Å²) in [5.41, 5.74) is 2.13. The van der Waals surface area contributed by atoms with Gasteiger partial charge in [-0.3, -0.25) is 0 Å². The summed E-state index contributed by atoms with van der Waals surface area (Å²) < 4.78 is 11.1. The zero-order valence-electron chi connectivity index (χ0n) is 12.6. The summed E-state index contributed by atoms with van der Waals surface area (Å²) in [6.07, 6.45) is 0.891. The van der Waals surface area contributed by atoms with Crippen LogP contribution in [0.25, 0.3) is 0 Å². The molecule has 0 amide bonds. The molecule has 0 aliphatic carbocycles. The monoisotopic (exact) mass is 298 g/mol. The van der Waals surface area contributed by atoms with Crippen molar-refractivity contribution in [2.45, 2.75) is 18.6 Å². The van der Waals surface area contributed by atoms with Crippen LogP contribution in [0, 0.1) is 0 Å². The van der Waals surface area contributed by atoms with Crippen molar-refractivity contribution in [2.75, 3.05) is 13.4 Å². The largest absolute Gasteiger partial charge is 0.388 e. The van der Waals surface area contributed by atoms with Crippen LogP contribution in [0.1, 0.15) is 17.0 Å². The fourth-order valence-electron chi connectivity index (χ4n) is 2.22. The van der Waals surface area contributed by atoms with Crippen molar-refractivity contribution in [3.63, 3.8) is 0 Å². The van der Waals surface area contributed by atoms with Crippen LogP contribution in [0.2, 0.25) is 0 Å². The van der Waals surface area contributed by atoms with Crippen molar-refractivity contribution in [1.29, 1.82) is 0 Å². The highest BCUT2D eigenvalue weighted by atomic mass is 16.7. The van der Waals surface area contributed by atoms with Crippen LogP contribution in [0.4, 0.5) is 0 Å². The minimum absolute atomic E-state index is 0.140. The van der Waals surface area contributed by atoms with Gasteiger partial charge in [0.25, 0.3) is 0 Å². The molecule has 0 saturated heterocycles. The van der Waals surface area contributed by atoms with Gasteiger partial charge in [0.2, 0.25) is 0 Å². The Hall–Kier alpha value is -1.94. The van der Waals surface area contributed by atoms with Gasteiger partial charge < -0.3 is 14.6 Å². The van der Waals surface area contributed by atoms with Crippen LogP contribution >= 0.6 is 0 Å². The van der Waals surface area contributed by atoms with Gasteiger partial charge in [-0.15, -0.1) is 6.58 Å². The van der Waals surface area contributed by atoms with Gasteiger partial charge in [-0.05, 0) is 11.1 Å². The summed E-state index contributed by atoms with van der Waals surface area (Å²) in [5, 5.41) is 10.1. The van der Waals surface area contributed by atoms with Crippen LogP contribution in [0.3, 0.4) is 0 Å². The Kier molecular flexibility index (Phi) is 6.84. The van der Waals surface area contributed by atoms with Gasteiger partial charge >= 0.3 is 0 Å². The second kappa shape index (κ2) is 9.15. The van der Waals surface area contributed by atoms with E-state index in [4.69, 9.17) is 9.47 Å². The third kappa shape index (κ3) is 5.11. The summed E-state index contributed by atoms with van der Waals surface area (Å²) >= 11 is 0. The molecular weight excluding hydrogens is 276 g/mol. The molecular formula is C19H22O3. The number of hydrogen-bond donors (Lipinski definition) is 1. The number of benzene rings is 2. The molecule has 3 nitrogen and oxygen atoms in total. The zero-order valence-corrected chi connectivity index (χ0v) is 12.6. The molecule has 0 radical (unpaired) electrons. The summed E-state index contributed by atoms with van der Waals surface area (Å²) in [6.45, 7) is 4.75. The zero-order chi connectivity index (χ0) is 15.6. The number of aliphatic hydroxyl groups excluding tert-OH is 1. The van der Waals surface area contributed by atoms with Crippen molar-refractivity contribution < 1.29 is 14.6 Å². The minimum atomic E-state index is -0.642. The van der Waals surface area contributed by atoms with E-state index >= 15 is 0 Å². The van der Waals surface area contributed by atoms with E-state index in [0.29, 0.717) is 13.2 Å². The van der Waals surface area contributed by atoms with E-state index in [0.717, 1.165) is 11.1 Å². The molecule has 0 saturated carbocycles. The first-order valence-corrected chi connectivity index (χ1v) is 7.36. The Labute approximate surface area is 131 Å². The third-order valence-electron chi connectivity index (χ3n) is 3.46. The molecule has 22 heavy (non-hydrogen) atoms. The molecule has 116 valence electrons. The summed E-state index contributed by atoms with van der Waals surface area (Å²) in [6, 6.07) is 19.7. The summed E-state index contributed by atoms with van der Waals surface area (Å²) in [7, 11) is 0. The van der Waals surface area contributed by atoms with E-state index in [9.17, 15) is 5.11 Å². The molecule has 2 rings (SSSR count). The highest BCUT2D eigenvalue weighted by Crippen LogP contribution is 2.21. The van der Waals surface area contributed by atoms with Crippen molar-refractivity contribution >= 4 is 0 Å². The molecule has 3 heteroatoms. The number of ether oxygens (including phenoxy) is 2. The Morgan fingerprint density at radius 2 is 1.59 bits per heavy atom. The van der Waals surface area contributed by atoms with E-state index in [1.54, 1.807) is 0 Å². The van der Waals surface area contributed by atoms with Crippen molar-refractivity contribution in [1.82, 2.24) is 0 Å². The van der Waals surface area contributed by atoms with Crippen LogP contribution in [-0.2, 0) is 16.1 Å². The molecule has 0 spiro atoms. The molecule has 1 N–H and O–H groups in total. The molecule has 2 aromatic carbocycles. The van der Waals surface area contributed by atoms with Crippen molar-refractivity contribution in [2.24, 2.45) is 0 Å². The Bertz CT molecular complexity index is 539. The van der Waals surface area contributed by atoms with E-state index < -0.39 is 6.10 Å². The molecule has 0 aromatic heterocycles. The lowest BCUT2D eigenvalue weighted by Crippen LogP contribution is -2.21. The van der Waals surface area contributed by atoms with Gasteiger partial charge in [0.15, 0.2) is 0 Å². The van der Waals surface area contributed by atoms with E-state index in [2.05, 4.69) is 6.58 Å². The number of aliphatic hydroxyl groups is 1. The predicted octanol–water partition coefficient (Wildman–Crippen LogP) is 3.51. The molecule has 0 fully saturated rings. The first-order chi connectivity index (χ1) is 10.8. The van der Waals surface area contributed by atoms with E-state index in [1.165, 1.54) is 6.08 Å². The average Bonchev–Trinajstić information content (AvgIpc) is 2.59. The van der Waals surface area contributed by atoms with Crippen molar-refractivity contribution in [3.8, 4) is 0 Å². The predicted molar refractivity (Wildman–Crippen MR) is 87.4 cm³/mol.